The van der Waals surface area contributed by atoms with Crippen molar-refractivity contribution in [3.05, 3.63) is 18.0 Å². The standard InChI is InChI=1S/C9H12N2OS/c1-2-3-4-13-9-10-5-8(7-12)6-11-9/h5-7H,2-4H2,1H3. The van der Waals surface area contributed by atoms with Crippen LogP contribution in [0.1, 0.15) is 30.1 Å². The molecule has 0 radical (unpaired) electrons. The summed E-state index contributed by atoms with van der Waals surface area (Å²) in [6.45, 7) is 2.15. The number of aldehydes is 1. The molecule has 0 unspecified atom stereocenters. The van der Waals surface area contributed by atoms with E-state index in [4.69, 9.17) is 0 Å². The van der Waals surface area contributed by atoms with Crippen molar-refractivity contribution in [1.82, 2.24) is 9.97 Å². The van der Waals surface area contributed by atoms with Crippen LogP contribution in [0.3, 0.4) is 0 Å². The van der Waals surface area contributed by atoms with Gasteiger partial charge in [0.05, 0.1) is 5.56 Å². The fraction of sp³-hybridized carbons (Fsp3) is 0.444. The zero-order valence-corrected chi connectivity index (χ0v) is 8.38. The summed E-state index contributed by atoms with van der Waals surface area (Å²) in [4.78, 5) is 18.4. The number of carbonyl (C=O) groups excluding carboxylic acids is 1. The van der Waals surface area contributed by atoms with Gasteiger partial charge in [0.15, 0.2) is 11.4 Å². The highest BCUT2D eigenvalue weighted by Gasteiger charge is 1.96. The molecule has 1 rings (SSSR count). The van der Waals surface area contributed by atoms with Crippen LogP contribution in [0.25, 0.3) is 0 Å². The highest BCUT2D eigenvalue weighted by Crippen LogP contribution is 2.13. The first kappa shape index (κ1) is 10.2. The highest BCUT2D eigenvalue weighted by molar-refractivity contribution is 7.99. The van der Waals surface area contributed by atoms with E-state index >= 15 is 0 Å². The average molecular weight is 196 g/mol. The van der Waals surface area contributed by atoms with E-state index in [0.717, 1.165) is 17.2 Å². The third-order valence-corrected chi connectivity index (χ3v) is 2.48. The van der Waals surface area contributed by atoms with Gasteiger partial charge in [0.25, 0.3) is 0 Å². The maximum Gasteiger partial charge on any atom is 0.187 e. The van der Waals surface area contributed by atoms with Gasteiger partial charge in [-0.3, -0.25) is 4.79 Å². The van der Waals surface area contributed by atoms with E-state index in [1.807, 2.05) is 0 Å². The van der Waals surface area contributed by atoms with Gasteiger partial charge >= 0.3 is 0 Å². The van der Waals surface area contributed by atoms with E-state index in [-0.39, 0.29) is 0 Å². The Morgan fingerprint density at radius 1 is 1.46 bits per heavy atom. The van der Waals surface area contributed by atoms with Crippen LogP contribution in [0.4, 0.5) is 0 Å². The monoisotopic (exact) mass is 196 g/mol. The molecule has 13 heavy (non-hydrogen) atoms. The predicted molar refractivity (Wildman–Crippen MR) is 53.1 cm³/mol. The second kappa shape index (κ2) is 5.70. The highest BCUT2D eigenvalue weighted by atomic mass is 32.2. The summed E-state index contributed by atoms with van der Waals surface area (Å²) < 4.78 is 0. The Hall–Kier alpha value is -0.900. The van der Waals surface area contributed by atoms with E-state index in [2.05, 4.69) is 16.9 Å². The topological polar surface area (TPSA) is 42.9 Å². The summed E-state index contributed by atoms with van der Waals surface area (Å²) in [5.74, 6) is 1.04. The number of unbranched alkanes of at least 4 members (excludes halogenated alkanes) is 1. The molecule has 3 nitrogen and oxygen atoms in total. The Kier molecular flexibility index (Phi) is 4.46. The molecule has 0 aliphatic heterocycles. The van der Waals surface area contributed by atoms with Crippen LogP contribution in [-0.2, 0) is 0 Å². The van der Waals surface area contributed by atoms with Gasteiger partial charge in [0.1, 0.15) is 0 Å². The van der Waals surface area contributed by atoms with Crippen LogP contribution in [-0.4, -0.2) is 22.0 Å². The number of nitrogens with zero attached hydrogens (tertiary/aromatic N) is 2. The van der Waals surface area contributed by atoms with Crippen molar-refractivity contribution in [2.75, 3.05) is 5.75 Å². The first-order valence-electron chi connectivity index (χ1n) is 4.27. The van der Waals surface area contributed by atoms with Crippen LogP contribution in [0.5, 0.6) is 0 Å². The number of aromatic nitrogens is 2. The lowest BCUT2D eigenvalue weighted by atomic mass is 10.4. The zero-order valence-electron chi connectivity index (χ0n) is 7.56. The van der Waals surface area contributed by atoms with Crippen molar-refractivity contribution in [2.24, 2.45) is 0 Å². The largest absolute Gasteiger partial charge is 0.298 e. The van der Waals surface area contributed by atoms with Gasteiger partial charge in [-0.15, -0.1) is 0 Å². The molecule has 0 bridgehead atoms. The maximum atomic E-state index is 10.3. The van der Waals surface area contributed by atoms with Gasteiger partial charge in [0.2, 0.25) is 0 Å². The minimum absolute atomic E-state index is 0.528. The second-order valence-corrected chi connectivity index (χ2v) is 3.68. The van der Waals surface area contributed by atoms with E-state index in [0.29, 0.717) is 5.56 Å². The molecule has 1 aromatic rings. The van der Waals surface area contributed by atoms with Gasteiger partial charge in [-0.2, -0.15) is 0 Å². The third kappa shape index (κ3) is 3.55. The third-order valence-electron chi connectivity index (χ3n) is 1.51. The lowest BCUT2D eigenvalue weighted by molar-refractivity contribution is 0.112. The molecule has 1 aromatic heterocycles. The molecule has 1 heterocycles. The van der Waals surface area contributed by atoms with E-state index in [1.54, 1.807) is 24.2 Å². The molecule has 0 N–H and O–H groups in total. The molecule has 0 spiro atoms. The summed E-state index contributed by atoms with van der Waals surface area (Å²) in [5.41, 5.74) is 0.528. The lowest BCUT2D eigenvalue weighted by Gasteiger charge is -1.97. The Morgan fingerprint density at radius 3 is 2.69 bits per heavy atom. The van der Waals surface area contributed by atoms with Crippen molar-refractivity contribution in [3.8, 4) is 0 Å². The van der Waals surface area contributed by atoms with Crippen molar-refractivity contribution >= 4 is 18.0 Å². The van der Waals surface area contributed by atoms with E-state index in [9.17, 15) is 4.79 Å². The first-order valence-corrected chi connectivity index (χ1v) is 5.25. The van der Waals surface area contributed by atoms with E-state index in [1.165, 1.54) is 12.8 Å². The number of hydrogen-bond acceptors (Lipinski definition) is 4. The fourth-order valence-electron chi connectivity index (χ4n) is 0.769. The Morgan fingerprint density at radius 2 is 2.15 bits per heavy atom. The summed E-state index contributed by atoms with van der Waals surface area (Å²) in [6.07, 6.45) is 6.20. The number of rotatable bonds is 5. The van der Waals surface area contributed by atoms with Crippen LogP contribution in [0.2, 0.25) is 0 Å². The van der Waals surface area contributed by atoms with Crippen LogP contribution >= 0.6 is 11.8 Å². The SMILES string of the molecule is CCCCSc1ncc(C=O)cn1. The van der Waals surface area contributed by atoms with Gasteiger partial charge in [-0.25, -0.2) is 9.97 Å². The molecule has 0 fully saturated rings. The Bertz CT molecular complexity index is 261. The summed E-state index contributed by atoms with van der Waals surface area (Å²) in [5, 5.41) is 0.749. The minimum Gasteiger partial charge on any atom is -0.298 e. The van der Waals surface area contributed by atoms with Crippen molar-refractivity contribution in [3.63, 3.8) is 0 Å². The molecule has 0 amide bonds. The van der Waals surface area contributed by atoms with Gasteiger partial charge < -0.3 is 0 Å². The molecule has 0 aromatic carbocycles. The van der Waals surface area contributed by atoms with Crippen molar-refractivity contribution in [2.45, 2.75) is 24.9 Å². The summed E-state index contributed by atoms with van der Waals surface area (Å²) in [6, 6.07) is 0. The summed E-state index contributed by atoms with van der Waals surface area (Å²) in [7, 11) is 0. The second-order valence-electron chi connectivity index (χ2n) is 2.62. The van der Waals surface area contributed by atoms with Crippen LogP contribution in [0.15, 0.2) is 17.6 Å². The fourth-order valence-corrected chi connectivity index (χ4v) is 1.64. The number of thioether (sulfide) groups is 1. The maximum absolute atomic E-state index is 10.3. The zero-order chi connectivity index (χ0) is 9.52. The first-order chi connectivity index (χ1) is 6.36. The molecule has 0 aliphatic carbocycles. The number of hydrogen-bond donors (Lipinski definition) is 0. The van der Waals surface area contributed by atoms with Gasteiger partial charge in [-0.05, 0) is 6.42 Å². The predicted octanol–water partition coefficient (Wildman–Crippen LogP) is 2.18. The summed E-state index contributed by atoms with van der Waals surface area (Å²) >= 11 is 1.63. The molecule has 4 heteroatoms. The van der Waals surface area contributed by atoms with Crippen molar-refractivity contribution in [1.29, 1.82) is 0 Å². The molecule has 0 saturated heterocycles. The number of carbonyl (C=O) groups is 1. The van der Waals surface area contributed by atoms with Crippen molar-refractivity contribution < 1.29 is 4.79 Å². The molecule has 0 saturated carbocycles. The quantitative estimate of drug-likeness (QED) is 0.313. The van der Waals surface area contributed by atoms with Gasteiger partial charge in [0, 0.05) is 18.1 Å². The molecule has 0 aliphatic rings. The average Bonchev–Trinajstić information content (AvgIpc) is 2.19. The van der Waals surface area contributed by atoms with Crippen LogP contribution in [0, 0.1) is 0 Å². The molecule has 0 atom stereocenters. The van der Waals surface area contributed by atoms with Crippen LogP contribution < -0.4 is 0 Å². The Labute approximate surface area is 82.0 Å². The minimum atomic E-state index is 0.528. The van der Waals surface area contributed by atoms with Gasteiger partial charge in [-0.1, -0.05) is 25.1 Å². The molecular formula is C9H12N2OS. The smallest absolute Gasteiger partial charge is 0.187 e. The molecule has 70 valence electrons. The van der Waals surface area contributed by atoms with E-state index < -0.39 is 0 Å². The lowest BCUT2D eigenvalue weighted by Crippen LogP contribution is -1.90. The Balaban J connectivity index is 2.44. The normalized spacial score (nSPS) is 9.92. The molecular weight excluding hydrogens is 184 g/mol.